The van der Waals surface area contributed by atoms with Gasteiger partial charge < -0.3 is 5.73 Å². The number of nitrogens with two attached hydrogens (primary N) is 1. The normalized spacial score (nSPS) is 9.36. The molecule has 1 aromatic rings. The smallest absolute Gasteiger partial charge is 0.123 e. The molecule has 0 aliphatic rings. The second-order valence-electron chi connectivity index (χ2n) is 2.75. The van der Waals surface area contributed by atoms with Crippen molar-refractivity contribution in [3.8, 4) is 11.8 Å². The van der Waals surface area contributed by atoms with E-state index in [1.165, 1.54) is 12.1 Å². The molecule has 0 amide bonds. The van der Waals surface area contributed by atoms with E-state index in [1.54, 1.807) is 6.07 Å². The largest absolute Gasteiger partial charge is 0.326 e. The molecule has 3 heteroatoms. The third-order valence-electron chi connectivity index (χ3n) is 1.73. The molecule has 0 aliphatic carbocycles. The topological polar surface area (TPSA) is 26.0 Å². The molecule has 0 bridgehead atoms. The third-order valence-corrected chi connectivity index (χ3v) is 2.13. The van der Waals surface area contributed by atoms with Crippen LogP contribution in [0.15, 0.2) is 18.2 Å². The molecule has 1 nitrogen and oxygen atoms in total. The minimum absolute atomic E-state index is 0.267. The van der Waals surface area contributed by atoms with Gasteiger partial charge in [-0.1, -0.05) is 27.8 Å². The predicted molar refractivity (Wildman–Crippen MR) is 59.6 cm³/mol. The van der Waals surface area contributed by atoms with Crippen LogP contribution >= 0.6 is 15.9 Å². The van der Waals surface area contributed by atoms with E-state index in [1.807, 2.05) is 0 Å². The van der Waals surface area contributed by atoms with Crippen LogP contribution in [-0.2, 0) is 6.54 Å². The van der Waals surface area contributed by atoms with E-state index in [4.69, 9.17) is 5.73 Å². The summed E-state index contributed by atoms with van der Waals surface area (Å²) >= 11 is 3.28. The Morgan fingerprint density at radius 1 is 1.43 bits per heavy atom. The SMILES string of the molecule is NCc1cc(F)ccc1C#CCCBr. The lowest BCUT2D eigenvalue weighted by molar-refractivity contribution is 0.625. The quantitative estimate of drug-likeness (QED) is 0.638. The van der Waals surface area contributed by atoms with E-state index in [-0.39, 0.29) is 5.82 Å². The molecule has 1 aromatic carbocycles. The summed E-state index contributed by atoms with van der Waals surface area (Å²) in [6.07, 6.45) is 0.779. The summed E-state index contributed by atoms with van der Waals surface area (Å²) in [5, 5.41) is 0.846. The number of rotatable bonds is 2. The molecule has 0 spiro atoms. The van der Waals surface area contributed by atoms with Crippen LogP contribution < -0.4 is 5.73 Å². The Morgan fingerprint density at radius 3 is 2.86 bits per heavy atom. The molecule has 14 heavy (non-hydrogen) atoms. The van der Waals surface area contributed by atoms with Gasteiger partial charge in [0.15, 0.2) is 0 Å². The van der Waals surface area contributed by atoms with Crippen molar-refractivity contribution in [2.24, 2.45) is 5.73 Å². The first-order valence-electron chi connectivity index (χ1n) is 4.31. The van der Waals surface area contributed by atoms with Gasteiger partial charge >= 0.3 is 0 Å². The van der Waals surface area contributed by atoms with Gasteiger partial charge in [-0.05, 0) is 23.8 Å². The lowest BCUT2D eigenvalue weighted by Crippen LogP contribution is -2.00. The summed E-state index contributed by atoms with van der Waals surface area (Å²) < 4.78 is 12.8. The summed E-state index contributed by atoms with van der Waals surface area (Å²) in [5.74, 6) is 5.67. The van der Waals surface area contributed by atoms with Crippen molar-refractivity contribution in [2.75, 3.05) is 5.33 Å². The van der Waals surface area contributed by atoms with E-state index in [0.29, 0.717) is 6.54 Å². The van der Waals surface area contributed by atoms with Crippen LogP contribution in [0.5, 0.6) is 0 Å². The van der Waals surface area contributed by atoms with Crippen LogP contribution in [0.1, 0.15) is 17.5 Å². The molecular weight excluding hydrogens is 245 g/mol. The second kappa shape index (κ2) is 5.79. The monoisotopic (exact) mass is 255 g/mol. The summed E-state index contributed by atoms with van der Waals surface area (Å²) in [4.78, 5) is 0. The highest BCUT2D eigenvalue weighted by atomic mass is 79.9. The molecule has 0 aromatic heterocycles. The molecule has 0 saturated heterocycles. The first-order chi connectivity index (χ1) is 6.77. The molecular formula is C11H11BrFN. The van der Waals surface area contributed by atoms with Gasteiger partial charge in [0, 0.05) is 23.9 Å². The Hall–Kier alpha value is -0.850. The lowest BCUT2D eigenvalue weighted by atomic mass is 10.1. The molecule has 0 unspecified atom stereocenters. The highest BCUT2D eigenvalue weighted by Gasteiger charge is 1.99. The van der Waals surface area contributed by atoms with Gasteiger partial charge in [-0.25, -0.2) is 4.39 Å². The fraction of sp³-hybridized carbons (Fsp3) is 0.273. The first-order valence-corrected chi connectivity index (χ1v) is 5.43. The lowest BCUT2D eigenvalue weighted by Gasteiger charge is -2.00. The standard InChI is InChI=1S/C11H11BrFN/c12-6-2-1-3-9-4-5-11(13)7-10(9)8-14/h4-5,7H,2,6,8,14H2. The van der Waals surface area contributed by atoms with Crippen molar-refractivity contribution in [2.45, 2.75) is 13.0 Å². The van der Waals surface area contributed by atoms with Gasteiger partial charge in [0.1, 0.15) is 5.82 Å². The summed E-state index contributed by atoms with van der Waals surface area (Å²) in [6.45, 7) is 0.316. The second-order valence-corrected chi connectivity index (χ2v) is 3.54. The van der Waals surface area contributed by atoms with E-state index in [0.717, 1.165) is 22.9 Å². The van der Waals surface area contributed by atoms with Crippen molar-refractivity contribution in [1.82, 2.24) is 0 Å². The zero-order valence-corrected chi connectivity index (χ0v) is 9.27. The van der Waals surface area contributed by atoms with Crippen molar-refractivity contribution in [1.29, 1.82) is 0 Å². The Morgan fingerprint density at radius 2 is 2.21 bits per heavy atom. The summed E-state index contributed by atoms with van der Waals surface area (Å²) in [6, 6.07) is 4.49. The maximum atomic E-state index is 12.8. The fourth-order valence-electron chi connectivity index (χ4n) is 1.06. The molecule has 2 N–H and O–H groups in total. The van der Waals surface area contributed by atoms with Gasteiger partial charge in [-0.3, -0.25) is 0 Å². The molecule has 0 heterocycles. The van der Waals surface area contributed by atoms with Gasteiger partial charge in [-0.15, -0.1) is 0 Å². The predicted octanol–water partition coefficient (Wildman–Crippen LogP) is 2.42. The van der Waals surface area contributed by atoms with Gasteiger partial charge in [0.05, 0.1) is 0 Å². The number of alkyl halides is 1. The van der Waals surface area contributed by atoms with E-state index < -0.39 is 0 Å². The van der Waals surface area contributed by atoms with E-state index in [9.17, 15) is 4.39 Å². The Kier molecular flexibility index (Phi) is 4.64. The number of benzene rings is 1. The van der Waals surface area contributed by atoms with Crippen molar-refractivity contribution >= 4 is 15.9 Å². The average molecular weight is 256 g/mol. The molecule has 0 radical (unpaired) electrons. The molecule has 0 aliphatic heterocycles. The maximum absolute atomic E-state index is 12.8. The molecule has 0 saturated carbocycles. The number of halogens is 2. The minimum atomic E-state index is -0.267. The highest BCUT2D eigenvalue weighted by molar-refractivity contribution is 9.09. The Bertz CT molecular complexity index is 365. The van der Waals surface area contributed by atoms with Gasteiger partial charge in [0.25, 0.3) is 0 Å². The zero-order chi connectivity index (χ0) is 10.4. The maximum Gasteiger partial charge on any atom is 0.123 e. The van der Waals surface area contributed by atoms with Crippen LogP contribution in [-0.4, -0.2) is 5.33 Å². The molecule has 0 fully saturated rings. The van der Waals surface area contributed by atoms with Crippen molar-refractivity contribution in [3.05, 3.63) is 35.1 Å². The number of hydrogen-bond donors (Lipinski definition) is 1. The zero-order valence-electron chi connectivity index (χ0n) is 7.69. The first kappa shape index (κ1) is 11.2. The molecule has 74 valence electrons. The summed E-state index contributed by atoms with van der Waals surface area (Å²) in [5.41, 5.74) is 7.05. The van der Waals surface area contributed by atoms with E-state index in [2.05, 4.69) is 27.8 Å². The summed E-state index contributed by atoms with van der Waals surface area (Å²) in [7, 11) is 0. The molecule has 1 rings (SSSR count). The molecule has 0 atom stereocenters. The Labute approximate surface area is 91.6 Å². The number of hydrogen-bond acceptors (Lipinski definition) is 1. The van der Waals surface area contributed by atoms with Crippen LogP contribution in [0.4, 0.5) is 4.39 Å². The van der Waals surface area contributed by atoms with Crippen LogP contribution in [0.2, 0.25) is 0 Å². The van der Waals surface area contributed by atoms with Crippen molar-refractivity contribution in [3.63, 3.8) is 0 Å². The van der Waals surface area contributed by atoms with Crippen molar-refractivity contribution < 1.29 is 4.39 Å². The third kappa shape index (κ3) is 3.13. The fourth-order valence-corrected chi connectivity index (χ4v) is 1.26. The average Bonchev–Trinajstić information content (AvgIpc) is 2.20. The van der Waals surface area contributed by atoms with Gasteiger partial charge in [-0.2, -0.15) is 0 Å². The van der Waals surface area contributed by atoms with Gasteiger partial charge in [0.2, 0.25) is 0 Å². The highest BCUT2D eigenvalue weighted by Crippen LogP contribution is 2.09. The van der Waals surface area contributed by atoms with Crippen LogP contribution in [0.25, 0.3) is 0 Å². The van der Waals surface area contributed by atoms with E-state index >= 15 is 0 Å². The Balaban J connectivity index is 2.92. The van der Waals surface area contributed by atoms with Crippen LogP contribution in [0, 0.1) is 17.7 Å². The van der Waals surface area contributed by atoms with Crippen LogP contribution in [0.3, 0.4) is 0 Å². The minimum Gasteiger partial charge on any atom is -0.326 e.